The summed E-state index contributed by atoms with van der Waals surface area (Å²) < 4.78 is 5.02. The van der Waals surface area contributed by atoms with E-state index < -0.39 is 17.7 Å². The first-order valence-corrected chi connectivity index (χ1v) is 4.81. The van der Waals surface area contributed by atoms with Crippen LogP contribution in [0.15, 0.2) is 0 Å². The second-order valence-corrected chi connectivity index (χ2v) is 4.19. The first-order valence-electron chi connectivity index (χ1n) is 4.81. The van der Waals surface area contributed by atoms with Crippen molar-refractivity contribution in [2.24, 2.45) is 5.90 Å². The Kier molecular flexibility index (Phi) is 6.23. The molecule has 6 nitrogen and oxygen atoms in total. The third kappa shape index (κ3) is 8.17. The maximum Gasteiger partial charge on any atom is 0.407 e. The topological polar surface area (TPSA) is 93.8 Å². The van der Waals surface area contributed by atoms with Crippen LogP contribution in [0.3, 0.4) is 0 Å². The van der Waals surface area contributed by atoms with Gasteiger partial charge in [-0.05, 0) is 27.2 Å². The summed E-state index contributed by atoms with van der Waals surface area (Å²) in [6.07, 6.45) is -0.120. The number of alkyl carbamates (subject to hydrolysis) is 1. The van der Waals surface area contributed by atoms with Crippen molar-refractivity contribution in [3.05, 3.63) is 0 Å². The van der Waals surface area contributed by atoms with Gasteiger partial charge in [-0.15, -0.1) is 0 Å². The maximum absolute atomic E-state index is 11.3. The van der Waals surface area contributed by atoms with E-state index in [1.807, 2.05) is 0 Å². The molecule has 90 valence electrons. The third-order valence-corrected chi connectivity index (χ3v) is 1.53. The monoisotopic (exact) mass is 220 g/mol. The smallest absolute Gasteiger partial charge is 0.407 e. The van der Waals surface area contributed by atoms with Crippen molar-refractivity contribution in [1.82, 2.24) is 5.32 Å². The van der Waals surface area contributed by atoms with Gasteiger partial charge in [0.1, 0.15) is 5.60 Å². The molecule has 4 N–H and O–H groups in total. The number of ether oxygens (including phenoxy) is 1. The Morgan fingerprint density at radius 1 is 1.53 bits per heavy atom. The number of rotatable bonds is 5. The Labute approximate surface area is 89.7 Å². The Morgan fingerprint density at radius 2 is 2.13 bits per heavy atom. The lowest BCUT2D eigenvalue weighted by atomic mass is 10.2. The second-order valence-electron chi connectivity index (χ2n) is 4.19. The summed E-state index contributed by atoms with van der Waals surface area (Å²) in [5, 5.41) is 11.4. The Morgan fingerprint density at radius 3 is 2.53 bits per heavy atom. The number of nitrogens with one attached hydrogen (secondary N) is 1. The van der Waals surface area contributed by atoms with E-state index in [0.29, 0.717) is 6.42 Å². The molecule has 0 aromatic rings. The number of aliphatic hydroxyl groups excluding tert-OH is 1. The predicted molar refractivity (Wildman–Crippen MR) is 55.0 cm³/mol. The lowest BCUT2D eigenvalue weighted by Gasteiger charge is -2.22. The maximum atomic E-state index is 11.3. The highest BCUT2D eigenvalue weighted by Crippen LogP contribution is 2.07. The highest BCUT2D eigenvalue weighted by molar-refractivity contribution is 5.68. The van der Waals surface area contributed by atoms with Gasteiger partial charge in [0, 0.05) is 0 Å². The van der Waals surface area contributed by atoms with Crippen molar-refractivity contribution < 1.29 is 19.5 Å². The van der Waals surface area contributed by atoms with Crippen molar-refractivity contribution in [2.75, 3.05) is 13.2 Å². The molecular formula is C9H20N2O4. The van der Waals surface area contributed by atoms with Crippen LogP contribution in [0.4, 0.5) is 4.79 Å². The molecule has 1 amide bonds. The molecule has 0 fully saturated rings. The van der Waals surface area contributed by atoms with E-state index in [1.165, 1.54) is 0 Å². The summed E-state index contributed by atoms with van der Waals surface area (Å²) in [5.41, 5.74) is -0.547. The van der Waals surface area contributed by atoms with E-state index in [9.17, 15) is 4.79 Å². The minimum Gasteiger partial charge on any atom is -0.444 e. The number of amides is 1. The molecule has 0 aliphatic rings. The number of nitrogens with two attached hydrogens (primary N) is 1. The normalized spacial score (nSPS) is 13.4. The fraction of sp³-hybridized carbons (Fsp3) is 0.889. The Balaban J connectivity index is 3.91. The number of carbonyl (C=O) groups is 1. The van der Waals surface area contributed by atoms with Gasteiger partial charge >= 0.3 is 6.09 Å². The zero-order valence-corrected chi connectivity index (χ0v) is 9.45. The quantitative estimate of drug-likeness (QED) is 0.573. The van der Waals surface area contributed by atoms with Gasteiger partial charge < -0.3 is 20.0 Å². The summed E-state index contributed by atoms with van der Waals surface area (Å²) >= 11 is 0. The molecule has 0 aliphatic heterocycles. The number of hydrogen-bond acceptors (Lipinski definition) is 5. The van der Waals surface area contributed by atoms with Crippen molar-refractivity contribution in [1.29, 1.82) is 0 Å². The van der Waals surface area contributed by atoms with Gasteiger partial charge in [-0.3, -0.25) is 0 Å². The number of hydrogen-bond donors (Lipinski definition) is 3. The third-order valence-electron chi connectivity index (χ3n) is 1.53. The minimum absolute atomic E-state index is 0.178. The van der Waals surface area contributed by atoms with Crippen LogP contribution in [0.5, 0.6) is 0 Å². The van der Waals surface area contributed by atoms with Crippen molar-refractivity contribution in [2.45, 2.75) is 38.8 Å². The van der Waals surface area contributed by atoms with E-state index in [-0.39, 0.29) is 13.2 Å². The van der Waals surface area contributed by atoms with Crippen LogP contribution in [0.25, 0.3) is 0 Å². The molecule has 0 rings (SSSR count). The van der Waals surface area contributed by atoms with Gasteiger partial charge in [-0.2, -0.15) is 0 Å². The zero-order valence-electron chi connectivity index (χ0n) is 9.45. The first kappa shape index (κ1) is 14.2. The SMILES string of the molecule is CC(C)(C)OC(=O)N[C@H](CO)CCON. The number of carbonyl (C=O) groups excluding carboxylic acids is 1. The summed E-state index contributed by atoms with van der Waals surface area (Å²) in [5.74, 6) is 4.84. The fourth-order valence-corrected chi connectivity index (χ4v) is 0.894. The van der Waals surface area contributed by atoms with E-state index in [1.54, 1.807) is 20.8 Å². The molecule has 0 radical (unpaired) electrons. The molecule has 0 saturated carbocycles. The predicted octanol–water partition coefficient (Wildman–Crippen LogP) is 0.152. The molecule has 0 aromatic carbocycles. The molecule has 0 bridgehead atoms. The van der Waals surface area contributed by atoms with Crippen LogP contribution < -0.4 is 11.2 Å². The van der Waals surface area contributed by atoms with Gasteiger partial charge in [0.15, 0.2) is 0 Å². The molecule has 0 aromatic heterocycles. The molecule has 15 heavy (non-hydrogen) atoms. The zero-order chi connectivity index (χ0) is 11.9. The summed E-state index contributed by atoms with van der Waals surface area (Å²) in [4.78, 5) is 15.6. The number of aliphatic hydroxyl groups is 1. The van der Waals surface area contributed by atoms with Crippen molar-refractivity contribution in [3.8, 4) is 0 Å². The van der Waals surface area contributed by atoms with Crippen molar-refractivity contribution in [3.63, 3.8) is 0 Å². The lowest BCUT2D eigenvalue weighted by Crippen LogP contribution is -2.41. The first-order chi connectivity index (χ1) is 6.89. The standard InChI is InChI=1S/C9H20N2O4/c1-9(2,3)15-8(13)11-7(6-12)4-5-14-10/h7,12H,4-6,10H2,1-3H3,(H,11,13)/t7-/m0/s1. The summed E-state index contributed by atoms with van der Waals surface area (Å²) in [6, 6.07) is -0.400. The Bertz CT molecular complexity index is 191. The molecule has 1 atom stereocenters. The van der Waals surface area contributed by atoms with Gasteiger partial charge in [-0.1, -0.05) is 0 Å². The molecular weight excluding hydrogens is 200 g/mol. The second kappa shape index (κ2) is 6.60. The molecule has 6 heteroatoms. The van der Waals surface area contributed by atoms with Gasteiger partial charge in [0.2, 0.25) is 0 Å². The minimum atomic E-state index is -0.557. The van der Waals surface area contributed by atoms with E-state index in [0.717, 1.165) is 0 Å². The molecule has 0 heterocycles. The van der Waals surface area contributed by atoms with E-state index in [2.05, 4.69) is 10.2 Å². The van der Waals surface area contributed by atoms with Crippen LogP contribution in [-0.2, 0) is 9.57 Å². The van der Waals surface area contributed by atoms with Crippen LogP contribution in [0.1, 0.15) is 27.2 Å². The van der Waals surface area contributed by atoms with Crippen LogP contribution in [-0.4, -0.2) is 36.1 Å². The summed E-state index contributed by atoms with van der Waals surface area (Å²) in [7, 11) is 0. The Hall–Kier alpha value is -0.850. The lowest BCUT2D eigenvalue weighted by molar-refractivity contribution is 0.0456. The largest absolute Gasteiger partial charge is 0.444 e. The molecule has 0 saturated heterocycles. The van der Waals surface area contributed by atoms with Crippen LogP contribution >= 0.6 is 0 Å². The molecule has 0 spiro atoms. The van der Waals surface area contributed by atoms with Crippen LogP contribution in [0.2, 0.25) is 0 Å². The highest BCUT2D eigenvalue weighted by atomic mass is 16.6. The average Bonchev–Trinajstić information content (AvgIpc) is 2.09. The highest BCUT2D eigenvalue weighted by Gasteiger charge is 2.18. The fourth-order valence-electron chi connectivity index (χ4n) is 0.894. The van der Waals surface area contributed by atoms with Gasteiger partial charge in [0.05, 0.1) is 19.3 Å². The molecule has 0 aliphatic carbocycles. The molecule has 0 unspecified atom stereocenters. The van der Waals surface area contributed by atoms with E-state index >= 15 is 0 Å². The van der Waals surface area contributed by atoms with E-state index in [4.69, 9.17) is 15.7 Å². The average molecular weight is 220 g/mol. The van der Waals surface area contributed by atoms with Crippen LogP contribution in [0, 0.1) is 0 Å². The van der Waals surface area contributed by atoms with Gasteiger partial charge in [-0.25, -0.2) is 10.7 Å². The van der Waals surface area contributed by atoms with Crippen molar-refractivity contribution >= 4 is 6.09 Å². The summed E-state index contributed by atoms with van der Waals surface area (Å²) in [6.45, 7) is 5.39. The van der Waals surface area contributed by atoms with Gasteiger partial charge in [0.25, 0.3) is 0 Å².